The van der Waals surface area contributed by atoms with Gasteiger partial charge in [-0.3, -0.25) is 9.59 Å². The van der Waals surface area contributed by atoms with Crippen LogP contribution < -0.4 is 0 Å². The molecule has 5 heteroatoms. The fourth-order valence-electron chi connectivity index (χ4n) is 7.59. The number of ether oxygens (including phenoxy) is 2. The van der Waals surface area contributed by atoms with Crippen LogP contribution in [0.5, 0.6) is 0 Å². The SMILES string of the molecule is C=C1CC[C@H]2[C@]3(C)CCCC(C)(C)[C@H]3CC[C@]2(C)[C@H]1C(=O)OC[C@@H](O)COC(C)=O. The highest BCUT2D eigenvalue weighted by Gasteiger charge is 2.62. The quantitative estimate of drug-likeness (QED) is 0.517. The molecule has 5 nitrogen and oxygen atoms in total. The molecule has 3 fully saturated rings. The molecule has 0 heterocycles. The van der Waals surface area contributed by atoms with E-state index in [9.17, 15) is 14.7 Å². The van der Waals surface area contributed by atoms with E-state index in [4.69, 9.17) is 9.47 Å². The average molecular weight is 421 g/mol. The number of fused-ring (bicyclic) bond motifs is 3. The Morgan fingerprint density at radius 3 is 2.37 bits per heavy atom. The van der Waals surface area contributed by atoms with Crippen LogP contribution in [0.4, 0.5) is 0 Å². The maximum Gasteiger partial charge on any atom is 0.313 e. The molecule has 0 aromatic carbocycles. The molecule has 0 saturated heterocycles. The van der Waals surface area contributed by atoms with Crippen molar-refractivity contribution < 1.29 is 24.2 Å². The summed E-state index contributed by atoms with van der Waals surface area (Å²) in [4.78, 5) is 24.1. The van der Waals surface area contributed by atoms with Crippen LogP contribution in [0.1, 0.15) is 79.6 Å². The minimum Gasteiger partial charge on any atom is -0.463 e. The molecule has 3 rings (SSSR count). The Bertz CT molecular complexity index is 698. The van der Waals surface area contributed by atoms with Gasteiger partial charge in [-0.2, -0.15) is 0 Å². The van der Waals surface area contributed by atoms with Gasteiger partial charge in [0.05, 0.1) is 5.92 Å². The van der Waals surface area contributed by atoms with E-state index < -0.39 is 12.1 Å². The standard InChI is InChI=1S/C25H40O5/c1-16-8-9-20-24(5)12-7-11-23(3,4)19(24)10-13-25(20,6)21(16)22(28)30-15-18(27)14-29-17(2)26/h18-21,27H,1,7-15H2,2-6H3/t18-,19+,20-,21+,24+,25-/m0/s1. The Labute approximate surface area is 181 Å². The second kappa shape index (κ2) is 8.29. The van der Waals surface area contributed by atoms with Gasteiger partial charge in [0.25, 0.3) is 0 Å². The van der Waals surface area contributed by atoms with Crippen LogP contribution >= 0.6 is 0 Å². The van der Waals surface area contributed by atoms with Crippen LogP contribution in [0.3, 0.4) is 0 Å². The van der Waals surface area contributed by atoms with E-state index in [1.54, 1.807) is 0 Å². The van der Waals surface area contributed by atoms with Crippen LogP contribution in [0.25, 0.3) is 0 Å². The summed E-state index contributed by atoms with van der Waals surface area (Å²) in [6, 6.07) is 0. The molecular weight excluding hydrogens is 380 g/mol. The van der Waals surface area contributed by atoms with Gasteiger partial charge < -0.3 is 14.6 Å². The molecule has 0 aliphatic heterocycles. The van der Waals surface area contributed by atoms with Crippen LogP contribution in [-0.2, 0) is 19.1 Å². The van der Waals surface area contributed by atoms with Gasteiger partial charge in [0.15, 0.2) is 0 Å². The second-order valence-corrected chi connectivity index (χ2v) is 11.2. The van der Waals surface area contributed by atoms with Gasteiger partial charge in [-0.15, -0.1) is 0 Å². The van der Waals surface area contributed by atoms with Crippen molar-refractivity contribution in [3.8, 4) is 0 Å². The summed E-state index contributed by atoms with van der Waals surface area (Å²) in [6.07, 6.45) is 6.87. The molecule has 0 aromatic heterocycles. The Morgan fingerprint density at radius 1 is 1.03 bits per heavy atom. The van der Waals surface area contributed by atoms with Gasteiger partial charge in [-0.05, 0) is 66.6 Å². The molecule has 1 N–H and O–H groups in total. The summed E-state index contributed by atoms with van der Waals surface area (Å²) >= 11 is 0. The first-order valence-electron chi connectivity index (χ1n) is 11.6. The zero-order valence-electron chi connectivity index (χ0n) is 19.5. The number of esters is 2. The van der Waals surface area contributed by atoms with E-state index in [0.29, 0.717) is 17.3 Å². The molecule has 3 aliphatic carbocycles. The second-order valence-electron chi connectivity index (χ2n) is 11.2. The van der Waals surface area contributed by atoms with E-state index >= 15 is 0 Å². The van der Waals surface area contributed by atoms with E-state index in [-0.39, 0.29) is 35.9 Å². The maximum absolute atomic E-state index is 13.2. The van der Waals surface area contributed by atoms with Crippen molar-refractivity contribution in [2.75, 3.05) is 13.2 Å². The van der Waals surface area contributed by atoms with Gasteiger partial charge in [-0.25, -0.2) is 0 Å². The van der Waals surface area contributed by atoms with Gasteiger partial charge in [0.2, 0.25) is 0 Å². The summed E-state index contributed by atoms with van der Waals surface area (Å²) in [6.45, 7) is 14.8. The third-order valence-corrected chi connectivity index (χ3v) is 8.79. The minimum absolute atomic E-state index is 0.161. The summed E-state index contributed by atoms with van der Waals surface area (Å²) in [5.41, 5.74) is 1.39. The molecule has 0 spiro atoms. The van der Waals surface area contributed by atoms with E-state index in [1.807, 2.05) is 0 Å². The molecule has 6 atom stereocenters. The molecule has 0 bridgehead atoms. The first-order chi connectivity index (χ1) is 13.9. The van der Waals surface area contributed by atoms with Gasteiger partial charge >= 0.3 is 11.9 Å². The molecule has 0 amide bonds. The summed E-state index contributed by atoms with van der Waals surface area (Å²) in [7, 11) is 0. The molecule has 3 saturated carbocycles. The van der Waals surface area contributed by atoms with Crippen molar-refractivity contribution in [1.82, 2.24) is 0 Å². The Balaban J connectivity index is 1.77. The lowest BCUT2D eigenvalue weighted by Gasteiger charge is -2.65. The van der Waals surface area contributed by atoms with E-state index in [0.717, 1.165) is 31.3 Å². The number of aliphatic hydroxyl groups excluding tert-OH is 1. The van der Waals surface area contributed by atoms with Crippen LogP contribution in [0, 0.1) is 34.0 Å². The van der Waals surface area contributed by atoms with Gasteiger partial charge in [0, 0.05) is 6.92 Å². The molecule has 30 heavy (non-hydrogen) atoms. The minimum atomic E-state index is -1.01. The zero-order valence-corrected chi connectivity index (χ0v) is 19.5. The number of hydrogen-bond donors (Lipinski definition) is 1. The molecule has 0 unspecified atom stereocenters. The predicted octanol–water partition coefficient (Wildman–Crippen LogP) is 4.67. The van der Waals surface area contributed by atoms with Gasteiger partial charge in [0.1, 0.15) is 19.3 Å². The highest BCUT2D eigenvalue weighted by Crippen LogP contribution is 2.69. The van der Waals surface area contributed by atoms with Crippen molar-refractivity contribution in [3.63, 3.8) is 0 Å². The lowest BCUT2D eigenvalue weighted by molar-refractivity contribution is -0.178. The number of carbonyl (C=O) groups excluding carboxylic acids is 2. The smallest absolute Gasteiger partial charge is 0.313 e. The van der Waals surface area contributed by atoms with Crippen molar-refractivity contribution in [3.05, 3.63) is 12.2 Å². The third kappa shape index (κ3) is 4.06. The molecule has 0 radical (unpaired) electrons. The van der Waals surface area contributed by atoms with Crippen molar-refractivity contribution >= 4 is 11.9 Å². The largest absolute Gasteiger partial charge is 0.463 e. The summed E-state index contributed by atoms with van der Waals surface area (Å²) in [5.74, 6) is 0.0748. The Morgan fingerprint density at radius 2 is 1.70 bits per heavy atom. The Kier molecular flexibility index (Phi) is 6.44. The monoisotopic (exact) mass is 420 g/mol. The Hall–Kier alpha value is -1.36. The van der Waals surface area contributed by atoms with Crippen LogP contribution in [-0.4, -0.2) is 36.4 Å². The van der Waals surface area contributed by atoms with Crippen LogP contribution in [0.2, 0.25) is 0 Å². The molecule has 170 valence electrons. The summed E-state index contributed by atoms with van der Waals surface area (Å²) < 4.78 is 10.3. The van der Waals surface area contributed by atoms with Gasteiger partial charge in [-0.1, -0.05) is 46.3 Å². The maximum atomic E-state index is 13.2. The zero-order chi connectivity index (χ0) is 22.3. The number of carbonyl (C=O) groups is 2. The van der Waals surface area contributed by atoms with Crippen LogP contribution in [0.15, 0.2) is 12.2 Å². The lowest BCUT2D eigenvalue weighted by Crippen LogP contribution is -2.59. The fraction of sp³-hybridized carbons (Fsp3) is 0.840. The normalized spacial score (nSPS) is 38.7. The number of aliphatic hydroxyl groups is 1. The van der Waals surface area contributed by atoms with Crippen molar-refractivity contribution in [2.45, 2.75) is 85.7 Å². The topological polar surface area (TPSA) is 72.8 Å². The molecule has 3 aliphatic rings. The highest BCUT2D eigenvalue weighted by molar-refractivity contribution is 5.77. The van der Waals surface area contributed by atoms with E-state index in [2.05, 4.69) is 34.3 Å². The summed E-state index contributed by atoms with van der Waals surface area (Å²) in [5, 5.41) is 9.98. The number of hydrogen-bond acceptors (Lipinski definition) is 5. The molecular formula is C25H40O5. The first-order valence-corrected chi connectivity index (χ1v) is 11.6. The first kappa shape index (κ1) is 23.3. The number of rotatable bonds is 5. The van der Waals surface area contributed by atoms with Crippen molar-refractivity contribution in [1.29, 1.82) is 0 Å². The van der Waals surface area contributed by atoms with E-state index in [1.165, 1.54) is 26.2 Å². The predicted molar refractivity (Wildman–Crippen MR) is 116 cm³/mol. The average Bonchev–Trinajstić information content (AvgIpc) is 2.63. The molecule has 0 aromatic rings. The lowest BCUT2D eigenvalue weighted by atomic mass is 9.39. The fourth-order valence-corrected chi connectivity index (χ4v) is 7.59. The van der Waals surface area contributed by atoms with Crippen molar-refractivity contribution in [2.24, 2.45) is 34.0 Å². The highest BCUT2D eigenvalue weighted by atomic mass is 16.6. The third-order valence-electron chi connectivity index (χ3n) is 8.79.